The average Bonchev–Trinajstić information content (AvgIpc) is 2.37. The molecule has 0 heterocycles. The summed E-state index contributed by atoms with van der Waals surface area (Å²) in [6.45, 7) is 5.35. The Morgan fingerprint density at radius 2 is 1.89 bits per heavy atom. The predicted octanol–water partition coefficient (Wildman–Crippen LogP) is 2.72. The zero-order valence-electron chi connectivity index (χ0n) is 12.4. The summed E-state index contributed by atoms with van der Waals surface area (Å²) in [4.78, 5) is 14.0. The zero-order chi connectivity index (χ0) is 14.3. The van der Waals surface area contributed by atoms with Gasteiger partial charge in [0, 0.05) is 18.7 Å². The number of hydrogen-bond acceptors (Lipinski definition) is 2. The fourth-order valence-corrected chi connectivity index (χ4v) is 1.94. The van der Waals surface area contributed by atoms with E-state index in [9.17, 15) is 4.79 Å². The monoisotopic (exact) mass is 260 g/mol. The van der Waals surface area contributed by atoms with Crippen molar-refractivity contribution in [2.45, 2.75) is 33.4 Å². The van der Waals surface area contributed by atoms with Crippen LogP contribution >= 0.6 is 0 Å². The SMILES string of the molecule is CCC=C(C)C(=O)NCc1ccccc1CN(C)C. The van der Waals surface area contributed by atoms with E-state index in [4.69, 9.17) is 0 Å². The highest BCUT2D eigenvalue weighted by atomic mass is 16.1. The topological polar surface area (TPSA) is 32.3 Å². The van der Waals surface area contributed by atoms with E-state index in [1.54, 1.807) is 0 Å². The van der Waals surface area contributed by atoms with Gasteiger partial charge in [0.1, 0.15) is 0 Å². The van der Waals surface area contributed by atoms with E-state index in [0.717, 1.165) is 18.5 Å². The van der Waals surface area contributed by atoms with Gasteiger partial charge in [0.05, 0.1) is 0 Å². The van der Waals surface area contributed by atoms with E-state index in [1.807, 2.05) is 46.2 Å². The van der Waals surface area contributed by atoms with Crippen molar-refractivity contribution in [1.82, 2.24) is 10.2 Å². The molecule has 0 saturated carbocycles. The molecule has 0 unspecified atom stereocenters. The van der Waals surface area contributed by atoms with Crippen LogP contribution in [0.3, 0.4) is 0 Å². The molecule has 3 nitrogen and oxygen atoms in total. The van der Waals surface area contributed by atoms with Gasteiger partial charge in [-0.2, -0.15) is 0 Å². The Balaban J connectivity index is 2.67. The van der Waals surface area contributed by atoms with Crippen molar-refractivity contribution in [3.8, 4) is 0 Å². The van der Waals surface area contributed by atoms with E-state index < -0.39 is 0 Å². The summed E-state index contributed by atoms with van der Waals surface area (Å²) in [5, 5.41) is 2.97. The Labute approximate surface area is 116 Å². The largest absolute Gasteiger partial charge is 0.348 e. The van der Waals surface area contributed by atoms with E-state index in [1.165, 1.54) is 11.1 Å². The summed E-state index contributed by atoms with van der Waals surface area (Å²) in [7, 11) is 4.09. The number of nitrogens with zero attached hydrogens (tertiary/aromatic N) is 1. The maximum absolute atomic E-state index is 11.8. The number of rotatable bonds is 6. The first-order valence-electron chi connectivity index (χ1n) is 6.71. The summed E-state index contributed by atoms with van der Waals surface area (Å²) >= 11 is 0. The maximum atomic E-state index is 11.8. The first kappa shape index (κ1) is 15.4. The lowest BCUT2D eigenvalue weighted by Gasteiger charge is -2.14. The molecular weight excluding hydrogens is 236 g/mol. The van der Waals surface area contributed by atoms with Gasteiger partial charge in [-0.05, 0) is 38.6 Å². The number of carbonyl (C=O) groups is 1. The first-order chi connectivity index (χ1) is 9.04. The number of benzene rings is 1. The van der Waals surface area contributed by atoms with Crippen molar-refractivity contribution >= 4 is 5.91 Å². The highest BCUT2D eigenvalue weighted by molar-refractivity contribution is 5.92. The van der Waals surface area contributed by atoms with Crippen LogP contribution in [-0.2, 0) is 17.9 Å². The first-order valence-corrected chi connectivity index (χ1v) is 6.71. The van der Waals surface area contributed by atoms with Crippen LogP contribution in [0.25, 0.3) is 0 Å². The predicted molar refractivity (Wildman–Crippen MR) is 79.7 cm³/mol. The third-order valence-corrected chi connectivity index (χ3v) is 2.91. The fourth-order valence-electron chi connectivity index (χ4n) is 1.94. The Bertz CT molecular complexity index is 450. The minimum Gasteiger partial charge on any atom is -0.348 e. The lowest BCUT2D eigenvalue weighted by atomic mass is 10.1. The lowest BCUT2D eigenvalue weighted by molar-refractivity contribution is -0.117. The van der Waals surface area contributed by atoms with Gasteiger partial charge in [-0.3, -0.25) is 4.79 Å². The summed E-state index contributed by atoms with van der Waals surface area (Å²) in [5.74, 6) is 0.0153. The van der Waals surface area contributed by atoms with Gasteiger partial charge in [-0.15, -0.1) is 0 Å². The molecule has 3 heteroatoms. The molecule has 1 aromatic rings. The number of allylic oxidation sites excluding steroid dienone is 1. The molecule has 0 spiro atoms. The third-order valence-electron chi connectivity index (χ3n) is 2.91. The van der Waals surface area contributed by atoms with Gasteiger partial charge in [-0.1, -0.05) is 37.3 Å². The van der Waals surface area contributed by atoms with E-state index >= 15 is 0 Å². The van der Waals surface area contributed by atoms with Crippen LogP contribution in [0.5, 0.6) is 0 Å². The second-order valence-electron chi connectivity index (χ2n) is 4.98. The lowest BCUT2D eigenvalue weighted by Crippen LogP contribution is -2.24. The summed E-state index contributed by atoms with van der Waals surface area (Å²) in [5.41, 5.74) is 3.21. The van der Waals surface area contributed by atoms with Crippen LogP contribution in [0.1, 0.15) is 31.4 Å². The molecule has 0 fully saturated rings. The second-order valence-corrected chi connectivity index (χ2v) is 4.98. The van der Waals surface area contributed by atoms with Crippen molar-refractivity contribution in [2.75, 3.05) is 14.1 Å². The molecule has 0 atom stereocenters. The van der Waals surface area contributed by atoms with Crippen molar-refractivity contribution in [2.24, 2.45) is 0 Å². The number of amides is 1. The third kappa shape index (κ3) is 5.26. The summed E-state index contributed by atoms with van der Waals surface area (Å²) < 4.78 is 0. The molecule has 0 aromatic heterocycles. The highest BCUT2D eigenvalue weighted by Crippen LogP contribution is 2.10. The van der Waals surface area contributed by atoms with Crippen molar-refractivity contribution < 1.29 is 4.79 Å². The molecule has 0 radical (unpaired) electrons. The zero-order valence-corrected chi connectivity index (χ0v) is 12.4. The molecule has 0 aliphatic heterocycles. The van der Waals surface area contributed by atoms with Crippen LogP contribution in [0.2, 0.25) is 0 Å². The minimum absolute atomic E-state index is 0.0153. The number of nitrogens with one attached hydrogen (secondary N) is 1. The second kappa shape index (κ2) is 7.74. The fraction of sp³-hybridized carbons (Fsp3) is 0.438. The molecule has 104 valence electrons. The standard InChI is InChI=1S/C16H24N2O/c1-5-8-13(2)16(19)17-11-14-9-6-7-10-15(14)12-18(3)4/h6-10H,5,11-12H2,1-4H3,(H,17,19). The molecule has 1 aromatic carbocycles. The average molecular weight is 260 g/mol. The van der Waals surface area contributed by atoms with Gasteiger partial charge in [0.15, 0.2) is 0 Å². The van der Waals surface area contributed by atoms with Crippen molar-refractivity contribution in [3.05, 3.63) is 47.0 Å². The van der Waals surface area contributed by atoms with E-state index in [0.29, 0.717) is 6.54 Å². The van der Waals surface area contributed by atoms with Crippen LogP contribution in [-0.4, -0.2) is 24.9 Å². The molecule has 1 amide bonds. The Kier molecular flexibility index (Phi) is 6.30. The highest BCUT2D eigenvalue weighted by Gasteiger charge is 2.06. The molecular formula is C16H24N2O. The molecule has 0 bridgehead atoms. The number of carbonyl (C=O) groups excluding carboxylic acids is 1. The summed E-state index contributed by atoms with van der Waals surface area (Å²) in [6, 6.07) is 8.22. The van der Waals surface area contributed by atoms with E-state index in [2.05, 4.69) is 22.3 Å². The van der Waals surface area contributed by atoms with Crippen LogP contribution < -0.4 is 5.32 Å². The molecule has 0 aliphatic rings. The van der Waals surface area contributed by atoms with Crippen LogP contribution in [0.4, 0.5) is 0 Å². The molecule has 0 aliphatic carbocycles. The molecule has 0 saturated heterocycles. The van der Waals surface area contributed by atoms with Crippen molar-refractivity contribution in [1.29, 1.82) is 0 Å². The maximum Gasteiger partial charge on any atom is 0.246 e. The smallest absolute Gasteiger partial charge is 0.246 e. The minimum atomic E-state index is 0.0153. The van der Waals surface area contributed by atoms with Crippen LogP contribution in [0.15, 0.2) is 35.9 Å². The Morgan fingerprint density at radius 3 is 2.47 bits per heavy atom. The molecule has 1 rings (SSSR count). The summed E-state index contributed by atoms with van der Waals surface area (Å²) in [6.07, 6.45) is 2.83. The Hall–Kier alpha value is -1.61. The van der Waals surface area contributed by atoms with Crippen LogP contribution in [0, 0.1) is 0 Å². The number of hydrogen-bond donors (Lipinski definition) is 1. The van der Waals surface area contributed by atoms with Gasteiger partial charge < -0.3 is 10.2 Å². The van der Waals surface area contributed by atoms with E-state index in [-0.39, 0.29) is 5.91 Å². The van der Waals surface area contributed by atoms with Gasteiger partial charge in [0.25, 0.3) is 0 Å². The molecule has 19 heavy (non-hydrogen) atoms. The van der Waals surface area contributed by atoms with Gasteiger partial charge in [0.2, 0.25) is 5.91 Å². The molecule has 1 N–H and O–H groups in total. The normalized spacial score (nSPS) is 11.7. The van der Waals surface area contributed by atoms with Gasteiger partial charge >= 0.3 is 0 Å². The quantitative estimate of drug-likeness (QED) is 0.798. The Morgan fingerprint density at radius 1 is 1.26 bits per heavy atom. The van der Waals surface area contributed by atoms with Crippen molar-refractivity contribution in [3.63, 3.8) is 0 Å². The van der Waals surface area contributed by atoms with Gasteiger partial charge in [-0.25, -0.2) is 0 Å².